The Bertz CT molecular complexity index is 615. The molecule has 1 aromatic heterocycles. The Labute approximate surface area is 115 Å². The van der Waals surface area contributed by atoms with E-state index < -0.39 is 5.82 Å². The zero-order chi connectivity index (χ0) is 13.8. The maximum absolute atomic E-state index is 13.9. The molecule has 0 N–H and O–H groups in total. The molecule has 0 unspecified atom stereocenters. The van der Waals surface area contributed by atoms with E-state index in [9.17, 15) is 4.39 Å². The molecule has 0 radical (unpaired) electrons. The second-order valence-electron chi connectivity index (χ2n) is 4.42. The van der Waals surface area contributed by atoms with Crippen molar-refractivity contribution in [3.05, 3.63) is 51.2 Å². The van der Waals surface area contributed by atoms with Crippen molar-refractivity contribution in [2.75, 3.05) is 7.05 Å². The molecule has 0 fully saturated rings. The van der Waals surface area contributed by atoms with Gasteiger partial charge in [-0.3, -0.25) is 4.90 Å². The van der Waals surface area contributed by atoms with Gasteiger partial charge in [0, 0.05) is 23.5 Å². The summed E-state index contributed by atoms with van der Waals surface area (Å²) in [6.07, 6.45) is 0. The number of benzene rings is 1. The zero-order valence-electron chi connectivity index (χ0n) is 10.9. The first-order valence-electron chi connectivity index (χ1n) is 5.87. The summed E-state index contributed by atoms with van der Waals surface area (Å²) in [5, 5.41) is 8.81. The molecule has 1 heterocycles. The van der Waals surface area contributed by atoms with Gasteiger partial charge in [-0.2, -0.15) is 5.26 Å². The topological polar surface area (TPSA) is 39.9 Å². The van der Waals surface area contributed by atoms with Crippen LogP contribution in [0.2, 0.25) is 0 Å². The number of rotatable bonds is 4. The first-order chi connectivity index (χ1) is 9.11. The molecule has 98 valence electrons. The lowest BCUT2D eigenvalue weighted by Crippen LogP contribution is -2.18. The lowest BCUT2D eigenvalue weighted by molar-refractivity contribution is 0.315. The summed E-state index contributed by atoms with van der Waals surface area (Å²) in [5.41, 5.74) is 3.47. The minimum absolute atomic E-state index is 0.0971. The van der Waals surface area contributed by atoms with Crippen molar-refractivity contribution in [2.24, 2.45) is 0 Å². The molecule has 0 saturated carbocycles. The molecule has 1 aromatic carbocycles. The standard InChI is InChI=1S/C14H14FN3S/c1-10-13(19-9-17-10)8-18(2)7-12-5-3-4-11(6-16)14(12)15/h3-5,9H,7-8H2,1-2H3. The Hall–Kier alpha value is -1.77. The van der Waals surface area contributed by atoms with Crippen molar-refractivity contribution in [3.8, 4) is 6.07 Å². The second-order valence-corrected chi connectivity index (χ2v) is 5.36. The van der Waals surface area contributed by atoms with Crippen molar-refractivity contribution < 1.29 is 4.39 Å². The van der Waals surface area contributed by atoms with Crippen molar-refractivity contribution in [1.82, 2.24) is 9.88 Å². The summed E-state index contributed by atoms with van der Waals surface area (Å²) in [5.74, 6) is -0.419. The summed E-state index contributed by atoms with van der Waals surface area (Å²) < 4.78 is 13.9. The summed E-state index contributed by atoms with van der Waals surface area (Å²) >= 11 is 1.60. The van der Waals surface area contributed by atoms with Crippen LogP contribution in [0.25, 0.3) is 0 Å². The van der Waals surface area contributed by atoms with Crippen LogP contribution in [-0.2, 0) is 13.1 Å². The van der Waals surface area contributed by atoms with Crippen LogP contribution in [0.1, 0.15) is 21.7 Å². The molecule has 0 bridgehead atoms. The van der Waals surface area contributed by atoms with Crippen molar-refractivity contribution >= 4 is 11.3 Å². The van der Waals surface area contributed by atoms with Crippen molar-refractivity contribution in [1.29, 1.82) is 5.26 Å². The van der Waals surface area contributed by atoms with Gasteiger partial charge < -0.3 is 0 Å². The number of nitriles is 1. The van der Waals surface area contributed by atoms with E-state index in [-0.39, 0.29) is 5.56 Å². The Morgan fingerprint density at radius 1 is 1.42 bits per heavy atom. The molecule has 19 heavy (non-hydrogen) atoms. The van der Waals surface area contributed by atoms with Crippen LogP contribution >= 0.6 is 11.3 Å². The Kier molecular flexibility index (Phi) is 4.25. The number of thiazole rings is 1. The Morgan fingerprint density at radius 3 is 2.84 bits per heavy atom. The van der Waals surface area contributed by atoms with Crippen molar-refractivity contribution in [2.45, 2.75) is 20.0 Å². The SMILES string of the molecule is Cc1ncsc1CN(C)Cc1cccc(C#N)c1F. The number of hydrogen-bond donors (Lipinski definition) is 0. The number of halogens is 1. The van der Waals surface area contributed by atoms with Crippen molar-refractivity contribution in [3.63, 3.8) is 0 Å². The highest BCUT2D eigenvalue weighted by Gasteiger charge is 2.11. The zero-order valence-corrected chi connectivity index (χ0v) is 11.7. The largest absolute Gasteiger partial charge is 0.297 e. The van der Waals surface area contributed by atoms with Crippen LogP contribution in [-0.4, -0.2) is 16.9 Å². The van der Waals surface area contributed by atoms with Gasteiger partial charge >= 0.3 is 0 Å². The molecule has 0 aliphatic rings. The molecule has 3 nitrogen and oxygen atoms in total. The third-order valence-corrected chi connectivity index (χ3v) is 3.82. The summed E-state index contributed by atoms with van der Waals surface area (Å²) in [4.78, 5) is 7.39. The highest BCUT2D eigenvalue weighted by atomic mass is 32.1. The molecule has 0 saturated heterocycles. The van der Waals surface area contributed by atoms with E-state index in [1.54, 1.807) is 23.5 Å². The van der Waals surface area contributed by atoms with Gasteiger partial charge in [-0.05, 0) is 20.0 Å². The van der Waals surface area contributed by atoms with Gasteiger partial charge in [-0.1, -0.05) is 12.1 Å². The minimum atomic E-state index is -0.419. The molecule has 5 heteroatoms. The van der Waals surface area contributed by atoms with E-state index in [2.05, 4.69) is 4.98 Å². The van der Waals surface area contributed by atoms with E-state index in [0.717, 1.165) is 12.2 Å². The fourth-order valence-corrected chi connectivity index (χ4v) is 2.71. The third-order valence-electron chi connectivity index (χ3n) is 2.90. The van der Waals surface area contributed by atoms with Gasteiger partial charge in [0.15, 0.2) is 0 Å². The lowest BCUT2D eigenvalue weighted by atomic mass is 10.1. The summed E-state index contributed by atoms with van der Waals surface area (Å²) in [6.45, 7) is 3.17. The fourth-order valence-electron chi connectivity index (χ4n) is 1.86. The normalized spacial score (nSPS) is 10.7. The van der Waals surface area contributed by atoms with Gasteiger partial charge in [-0.15, -0.1) is 11.3 Å². The van der Waals surface area contributed by atoms with Crippen LogP contribution in [0.4, 0.5) is 4.39 Å². The van der Waals surface area contributed by atoms with Crippen LogP contribution in [0.3, 0.4) is 0 Å². The lowest BCUT2D eigenvalue weighted by Gasteiger charge is -2.16. The van der Waals surface area contributed by atoms with Gasteiger partial charge in [0.25, 0.3) is 0 Å². The first-order valence-corrected chi connectivity index (χ1v) is 6.74. The molecule has 2 aromatic rings. The van der Waals surface area contributed by atoms with E-state index in [1.807, 2.05) is 30.5 Å². The predicted molar refractivity (Wildman–Crippen MR) is 73.1 cm³/mol. The second kappa shape index (κ2) is 5.91. The van der Waals surface area contributed by atoms with E-state index in [4.69, 9.17) is 5.26 Å². The smallest absolute Gasteiger partial charge is 0.145 e. The van der Waals surface area contributed by atoms with Crippen LogP contribution in [0.15, 0.2) is 23.7 Å². The quantitative estimate of drug-likeness (QED) is 0.860. The molecular formula is C14H14FN3S. The van der Waals surface area contributed by atoms with Gasteiger partial charge in [0.1, 0.15) is 11.9 Å². The predicted octanol–water partition coefficient (Wildman–Crippen LogP) is 3.09. The van der Waals surface area contributed by atoms with Gasteiger partial charge in [-0.25, -0.2) is 9.37 Å². The molecule has 2 rings (SSSR count). The van der Waals surface area contributed by atoms with Gasteiger partial charge in [0.2, 0.25) is 0 Å². The molecular weight excluding hydrogens is 261 g/mol. The number of hydrogen-bond acceptors (Lipinski definition) is 4. The number of aromatic nitrogens is 1. The monoisotopic (exact) mass is 275 g/mol. The van der Waals surface area contributed by atoms with E-state index in [1.165, 1.54) is 10.9 Å². The van der Waals surface area contributed by atoms with E-state index in [0.29, 0.717) is 12.1 Å². The maximum Gasteiger partial charge on any atom is 0.145 e. The average Bonchev–Trinajstić information content (AvgIpc) is 2.78. The molecule has 0 aliphatic carbocycles. The third kappa shape index (κ3) is 3.16. The summed E-state index contributed by atoms with van der Waals surface area (Å²) in [6, 6.07) is 6.78. The number of aryl methyl sites for hydroxylation is 1. The average molecular weight is 275 g/mol. The molecule has 0 spiro atoms. The molecule has 0 aliphatic heterocycles. The van der Waals surface area contributed by atoms with Crippen LogP contribution in [0.5, 0.6) is 0 Å². The Balaban J connectivity index is 2.10. The molecule has 0 amide bonds. The molecule has 0 atom stereocenters. The maximum atomic E-state index is 13.9. The highest BCUT2D eigenvalue weighted by Crippen LogP contribution is 2.18. The fraction of sp³-hybridized carbons (Fsp3) is 0.286. The van der Waals surface area contributed by atoms with Crippen LogP contribution in [0, 0.1) is 24.1 Å². The highest BCUT2D eigenvalue weighted by molar-refractivity contribution is 7.09. The van der Waals surface area contributed by atoms with Crippen LogP contribution < -0.4 is 0 Å². The Morgan fingerprint density at radius 2 is 2.21 bits per heavy atom. The van der Waals surface area contributed by atoms with Gasteiger partial charge in [0.05, 0.1) is 16.8 Å². The summed E-state index contributed by atoms with van der Waals surface area (Å²) in [7, 11) is 1.93. The minimum Gasteiger partial charge on any atom is -0.297 e. The van der Waals surface area contributed by atoms with E-state index >= 15 is 0 Å². The first kappa shape index (κ1) is 13.7. The number of nitrogens with zero attached hydrogens (tertiary/aromatic N) is 3.